The molecule has 0 spiro atoms. The monoisotopic (exact) mass is 551 g/mol. The van der Waals surface area contributed by atoms with Crippen LogP contribution in [0.3, 0.4) is 0 Å². The molecule has 0 bridgehead atoms. The maximum Gasteiger partial charge on any atom is 0.338 e. The van der Waals surface area contributed by atoms with Gasteiger partial charge in [0.1, 0.15) is 17.6 Å². The molecule has 200 valence electrons. The molecule has 0 aliphatic carbocycles. The largest absolute Gasteiger partial charge is 0.497 e. The first-order valence-electron chi connectivity index (χ1n) is 12.6. The lowest BCUT2D eigenvalue weighted by atomic mass is 9.93. The van der Waals surface area contributed by atoms with E-state index in [1.54, 1.807) is 48.9 Å². The molecule has 0 fully saturated rings. The van der Waals surface area contributed by atoms with Crippen LogP contribution < -0.4 is 24.4 Å². The first kappa shape index (κ1) is 26.7. The van der Waals surface area contributed by atoms with Crippen LogP contribution in [0.4, 0.5) is 0 Å². The quantitative estimate of drug-likeness (QED) is 0.308. The van der Waals surface area contributed by atoms with Gasteiger partial charge < -0.3 is 14.2 Å². The summed E-state index contributed by atoms with van der Waals surface area (Å²) in [6.45, 7) is 1.88. The second-order valence-corrected chi connectivity index (χ2v) is 9.73. The van der Waals surface area contributed by atoms with Crippen molar-refractivity contribution in [3.05, 3.63) is 121 Å². The van der Waals surface area contributed by atoms with Gasteiger partial charge >= 0.3 is 5.97 Å². The second kappa shape index (κ2) is 11.8. The molecule has 0 saturated carbocycles. The zero-order valence-electron chi connectivity index (χ0n) is 21.9. The average molecular weight is 552 g/mol. The van der Waals surface area contributed by atoms with Crippen molar-refractivity contribution in [2.75, 3.05) is 20.3 Å². The zero-order valence-corrected chi connectivity index (χ0v) is 22.7. The van der Waals surface area contributed by atoms with Crippen LogP contribution in [0.5, 0.6) is 11.5 Å². The van der Waals surface area contributed by atoms with Crippen molar-refractivity contribution in [3.8, 4) is 17.6 Å². The maximum atomic E-state index is 13.9. The van der Waals surface area contributed by atoms with Gasteiger partial charge in [0, 0.05) is 5.56 Å². The van der Waals surface area contributed by atoms with E-state index in [0.29, 0.717) is 26.5 Å². The molecule has 8 nitrogen and oxygen atoms in total. The molecule has 40 heavy (non-hydrogen) atoms. The Hall–Kier alpha value is -4.94. The van der Waals surface area contributed by atoms with E-state index >= 15 is 0 Å². The fraction of sp³-hybridized carbons (Fsp3) is 0.161. The third-order valence-corrected chi connectivity index (χ3v) is 7.27. The Kier molecular flexibility index (Phi) is 7.89. The SMILES string of the molecule is CCOC(=O)C1=C(c2ccccc2)N=c2s/c(=C\c3ccc(OCC#N)cc3)c(=O)n2[C@@H]1c1ccc(OC)cc1. The molecule has 1 aromatic heterocycles. The first-order valence-corrected chi connectivity index (χ1v) is 13.4. The second-order valence-electron chi connectivity index (χ2n) is 8.72. The number of thiazole rings is 1. The van der Waals surface area contributed by atoms with E-state index in [-0.39, 0.29) is 24.3 Å². The smallest absolute Gasteiger partial charge is 0.338 e. The Morgan fingerprint density at radius 2 is 1.75 bits per heavy atom. The van der Waals surface area contributed by atoms with Gasteiger partial charge in [0.25, 0.3) is 5.56 Å². The Bertz CT molecular complexity index is 1780. The van der Waals surface area contributed by atoms with Crippen LogP contribution in [-0.4, -0.2) is 30.9 Å². The van der Waals surface area contributed by atoms with Crippen LogP contribution in [0.15, 0.2) is 94.2 Å². The molecule has 4 aromatic rings. The highest BCUT2D eigenvalue weighted by molar-refractivity contribution is 7.07. The molecular weight excluding hydrogens is 526 g/mol. The summed E-state index contributed by atoms with van der Waals surface area (Å²) in [5.41, 5.74) is 2.73. The van der Waals surface area contributed by atoms with Crippen molar-refractivity contribution < 1.29 is 19.0 Å². The highest BCUT2D eigenvalue weighted by atomic mass is 32.1. The van der Waals surface area contributed by atoms with Crippen LogP contribution >= 0.6 is 11.3 Å². The molecule has 3 aromatic carbocycles. The summed E-state index contributed by atoms with van der Waals surface area (Å²) in [6.07, 6.45) is 1.78. The van der Waals surface area contributed by atoms with E-state index in [4.69, 9.17) is 24.5 Å². The molecule has 0 N–H and O–H groups in total. The predicted molar refractivity (Wildman–Crippen MR) is 152 cm³/mol. The number of nitriles is 1. The van der Waals surface area contributed by atoms with Crippen LogP contribution in [-0.2, 0) is 9.53 Å². The number of fused-ring (bicyclic) bond motifs is 1. The van der Waals surface area contributed by atoms with Gasteiger partial charge in [-0.15, -0.1) is 0 Å². The van der Waals surface area contributed by atoms with E-state index < -0.39 is 12.0 Å². The van der Waals surface area contributed by atoms with E-state index in [0.717, 1.165) is 16.7 Å². The van der Waals surface area contributed by atoms with Crippen molar-refractivity contribution in [1.29, 1.82) is 5.26 Å². The van der Waals surface area contributed by atoms with Crippen LogP contribution in [0.2, 0.25) is 0 Å². The zero-order chi connectivity index (χ0) is 28.1. The maximum absolute atomic E-state index is 13.9. The predicted octanol–water partition coefficient (Wildman–Crippen LogP) is 3.85. The molecular formula is C31H25N3O5S. The van der Waals surface area contributed by atoms with Gasteiger partial charge in [0.05, 0.1) is 35.6 Å². The van der Waals surface area contributed by atoms with Gasteiger partial charge in [-0.2, -0.15) is 5.26 Å². The highest BCUT2D eigenvalue weighted by Crippen LogP contribution is 2.35. The Balaban J connectivity index is 1.73. The molecule has 0 saturated heterocycles. The number of aromatic nitrogens is 1. The van der Waals surface area contributed by atoms with Crippen molar-refractivity contribution >= 4 is 29.1 Å². The number of methoxy groups -OCH3 is 1. The molecule has 1 aliphatic rings. The number of ether oxygens (including phenoxy) is 3. The average Bonchev–Trinajstić information content (AvgIpc) is 3.30. The number of hydrogen-bond acceptors (Lipinski definition) is 8. The molecule has 2 heterocycles. The highest BCUT2D eigenvalue weighted by Gasteiger charge is 2.35. The third kappa shape index (κ3) is 5.30. The summed E-state index contributed by atoms with van der Waals surface area (Å²) >= 11 is 1.25. The lowest BCUT2D eigenvalue weighted by Gasteiger charge is -2.26. The minimum Gasteiger partial charge on any atom is -0.497 e. The first-order chi connectivity index (χ1) is 19.5. The molecule has 0 unspecified atom stereocenters. The Morgan fingerprint density at radius 1 is 1.05 bits per heavy atom. The van der Waals surface area contributed by atoms with Crippen LogP contribution in [0, 0.1) is 11.3 Å². The summed E-state index contributed by atoms with van der Waals surface area (Å²) < 4.78 is 18.2. The summed E-state index contributed by atoms with van der Waals surface area (Å²) in [4.78, 5) is 32.7. The van der Waals surface area contributed by atoms with Crippen molar-refractivity contribution in [3.63, 3.8) is 0 Å². The number of nitrogens with zero attached hydrogens (tertiary/aromatic N) is 3. The van der Waals surface area contributed by atoms with Gasteiger partial charge in [-0.05, 0) is 48.4 Å². The van der Waals surface area contributed by atoms with Gasteiger partial charge in [-0.3, -0.25) is 9.36 Å². The Morgan fingerprint density at radius 3 is 2.40 bits per heavy atom. The molecule has 5 rings (SSSR count). The standard InChI is InChI=1S/C31H25N3O5S/c1-3-38-30(36)26-27(21-7-5-4-6-8-21)33-31-34(28(26)22-11-15-23(37-2)16-12-22)29(35)25(40-31)19-20-9-13-24(14-10-20)39-18-17-32/h4-16,19,28H,3,18H2,1-2H3/b25-19-/t28-/m1/s1. The van der Waals surface area contributed by atoms with Crippen molar-refractivity contribution in [2.24, 2.45) is 4.99 Å². The Labute approximate surface area is 234 Å². The minimum absolute atomic E-state index is 0.0458. The topological polar surface area (TPSA) is 103 Å². The van der Waals surface area contributed by atoms with Crippen LogP contribution in [0.25, 0.3) is 11.8 Å². The van der Waals surface area contributed by atoms with Gasteiger partial charge in [0.15, 0.2) is 11.4 Å². The van der Waals surface area contributed by atoms with E-state index in [1.165, 1.54) is 11.3 Å². The molecule has 0 radical (unpaired) electrons. The fourth-order valence-corrected chi connectivity index (χ4v) is 5.47. The lowest BCUT2D eigenvalue weighted by Crippen LogP contribution is -2.40. The van der Waals surface area contributed by atoms with Crippen molar-refractivity contribution in [1.82, 2.24) is 4.57 Å². The molecule has 9 heteroatoms. The van der Waals surface area contributed by atoms with Crippen molar-refractivity contribution in [2.45, 2.75) is 13.0 Å². The van der Waals surface area contributed by atoms with E-state index in [9.17, 15) is 9.59 Å². The number of benzene rings is 3. The van der Waals surface area contributed by atoms with E-state index in [2.05, 4.69) is 0 Å². The van der Waals surface area contributed by atoms with Gasteiger partial charge in [-0.25, -0.2) is 9.79 Å². The number of carbonyl (C=O) groups is 1. The van der Waals surface area contributed by atoms with E-state index in [1.807, 2.05) is 60.7 Å². The van der Waals surface area contributed by atoms with Gasteiger partial charge in [0.2, 0.25) is 0 Å². The summed E-state index contributed by atoms with van der Waals surface area (Å²) in [7, 11) is 1.58. The number of rotatable bonds is 8. The molecule has 0 amide bonds. The normalized spacial score (nSPS) is 14.6. The molecule has 1 aliphatic heterocycles. The summed E-state index contributed by atoms with van der Waals surface area (Å²) in [5, 5.41) is 8.73. The van der Waals surface area contributed by atoms with Crippen LogP contribution in [0.1, 0.15) is 29.7 Å². The number of esters is 1. The lowest BCUT2D eigenvalue weighted by molar-refractivity contribution is -0.138. The summed E-state index contributed by atoms with van der Waals surface area (Å²) in [5.74, 6) is 0.683. The third-order valence-electron chi connectivity index (χ3n) is 6.29. The fourth-order valence-electron chi connectivity index (χ4n) is 4.47. The minimum atomic E-state index is -0.764. The molecule has 1 atom stereocenters. The van der Waals surface area contributed by atoms with Gasteiger partial charge in [-0.1, -0.05) is 65.9 Å². The number of carbonyl (C=O) groups excluding carboxylic acids is 1. The number of hydrogen-bond donors (Lipinski definition) is 0. The summed E-state index contributed by atoms with van der Waals surface area (Å²) in [6, 6.07) is 25.0.